The molecule has 1 saturated carbocycles. The molecule has 0 atom stereocenters. The molecule has 1 N–H and O–H groups in total. The third kappa shape index (κ3) is 2.76. The molecule has 0 saturated heterocycles. The van der Waals surface area contributed by atoms with Crippen molar-refractivity contribution < 1.29 is 10.0 Å². The van der Waals surface area contributed by atoms with Gasteiger partial charge in [0.15, 0.2) is 0 Å². The highest BCUT2D eigenvalue weighted by Gasteiger charge is 2.24. The van der Waals surface area contributed by atoms with Crippen molar-refractivity contribution in [3.8, 4) is 0 Å². The molecule has 0 unspecified atom stereocenters. The van der Waals surface area contributed by atoms with Crippen LogP contribution in [0.25, 0.3) is 0 Å². The second kappa shape index (κ2) is 5.77. The molecule has 1 aliphatic rings. The molecular weight excluding hydrogens is 234 g/mol. The first-order chi connectivity index (χ1) is 8.72. The number of nitro groups is 1. The molecule has 98 valence electrons. The molecule has 0 radical (unpaired) electrons. The Hall–Kier alpha value is -1.69. The van der Waals surface area contributed by atoms with Crippen molar-refractivity contribution in [2.45, 2.75) is 31.7 Å². The molecule has 1 heterocycles. The highest BCUT2D eigenvalue weighted by molar-refractivity contribution is 5.47. The Morgan fingerprint density at radius 3 is 2.83 bits per heavy atom. The third-order valence-corrected chi connectivity index (χ3v) is 3.34. The Morgan fingerprint density at radius 1 is 1.50 bits per heavy atom. The van der Waals surface area contributed by atoms with E-state index in [1.807, 2.05) is 4.90 Å². The van der Waals surface area contributed by atoms with E-state index < -0.39 is 4.92 Å². The van der Waals surface area contributed by atoms with Crippen LogP contribution in [0.5, 0.6) is 0 Å². The Kier molecular flexibility index (Phi) is 4.09. The predicted octanol–water partition coefficient (Wildman–Crippen LogP) is 1.73. The topological polar surface area (TPSA) is 79.5 Å². The Balaban J connectivity index is 2.23. The summed E-state index contributed by atoms with van der Waals surface area (Å²) in [6.45, 7) is 0.500. The lowest BCUT2D eigenvalue weighted by Crippen LogP contribution is -2.36. The molecule has 18 heavy (non-hydrogen) atoms. The average Bonchev–Trinajstić information content (AvgIpc) is 2.89. The van der Waals surface area contributed by atoms with Crippen LogP contribution in [-0.4, -0.2) is 34.2 Å². The number of rotatable bonds is 5. The Labute approximate surface area is 105 Å². The van der Waals surface area contributed by atoms with Crippen molar-refractivity contribution in [2.75, 3.05) is 18.1 Å². The SMILES string of the molecule is O=[N+]([O-])c1ccnc(N(CCO)C2CCCC2)c1. The van der Waals surface area contributed by atoms with E-state index in [0.29, 0.717) is 18.4 Å². The largest absolute Gasteiger partial charge is 0.395 e. The molecule has 0 amide bonds. The number of hydrogen-bond donors (Lipinski definition) is 1. The summed E-state index contributed by atoms with van der Waals surface area (Å²) in [5, 5.41) is 19.9. The number of aliphatic hydroxyl groups is 1. The second-order valence-corrected chi connectivity index (χ2v) is 4.48. The molecule has 0 bridgehead atoms. The van der Waals surface area contributed by atoms with Gasteiger partial charge < -0.3 is 10.0 Å². The summed E-state index contributed by atoms with van der Waals surface area (Å²) >= 11 is 0. The van der Waals surface area contributed by atoms with Crippen LogP contribution in [0.1, 0.15) is 25.7 Å². The fourth-order valence-corrected chi connectivity index (χ4v) is 2.49. The fraction of sp³-hybridized carbons (Fsp3) is 0.583. The van der Waals surface area contributed by atoms with Crippen molar-refractivity contribution in [1.82, 2.24) is 4.98 Å². The van der Waals surface area contributed by atoms with E-state index in [2.05, 4.69) is 4.98 Å². The van der Waals surface area contributed by atoms with Gasteiger partial charge in [0.1, 0.15) is 5.82 Å². The van der Waals surface area contributed by atoms with Gasteiger partial charge in [0.05, 0.1) is 17.6 Å². The van der Waals surface area contributed by atoms with Gasteiger partial charge in [0.25, 0.3) is 5.69 Å². The fourth-order valence-electron chi connectivity index (χ4n) is 2.49. The number of pyridine rings is 1. The molecule has 0 aliphatic heterocycles. The Bertz CT molecular complexity index is 419. The highest BCUT2D eigenvalue weighted by Crippen LogP contribution is 2.28. The molecule has 6 nitrogen and oxygen atoms in total. The van der Waals surface area contributed by atoms with E-state index in [0.717, 1.165) is 12.8 Å². The van der Waals surface area contributed by atoms with Crippen LogP contribution in [0.15, 0.2) is 18.3 Å². The summed E-state index contributed by atoms with van der Waals surface area (Å²) in [6.07, 6.45) is 5.91. The van der Waals surface area contributed by atoms with Crippen LogP contribution >= 0.6 is 0 Å². The van der Waals surface area contributed by atoms with Gasteiger partial charge in [0, 0.05) is 24.8 Å². The van der Waals surface area contributed by atoms with Crippen molar-refractivity contribution in [2.24, 2.45) is 0 Å². The summed E-state index contributed by atoms with van der Waals surface area (Å²) in [5.41, 5.74) is 0.0425. The molecular formula is C12H17N3O3. The summed E-state index contributed by atoms with van der Waals surface area (Å²) in [4.78, 5) is 16.5. The number of hydrogen-bond acceptors (Lipinski definition) is 5. The smallest absolute Gasteiger partial charge is 0.274 e. The number of aromatic nitrogens is 1. The molecule has 1 aliphatic carbocycles. The average molecular weight is 251 g/mol. The van der Waals surface area contributed by atoms with Crippen LogP contribution in [0.4, 0.5) is 11.5 Å². The molecule has 1 aromatic rings. The third-order valence-electron chi connectivity index (χ3n) is 3.34. The van der Waals surface area contributed by atoms with Crippen LogP contribution < -0.4 is 4.90 Å². The zero-order valence-electron chi connectivity index (χ0n) is 10.2. The van der Waals surface area contributed by atoms with E-state index in [1.165, 1.54) is 31.2 Å². The lowest BCUT2D eigenvalue weighted by Gasteiger charge is -2.29. The van der Waals surface area contributed by atoms with Gasteiger partial charge in [-0.25, -0.2) is 4.98 Å². The first kappa shape index (κ1) is 12.8. The number of anilines is 1. The van der Waals surface area contributed by atoms with Crippen LogP contribution in [0.2, 0.25) is 0 Å². The van der Waals surface area contributed by atoms with E-state index in [4.69, 9.17) is 5.11 Å². The van der Waals surface area contributed by atoms with Crippen LogP contribution in [0.3, 0.4) is 0 Å². The van der Waals surface area contributed by atoms with E-state index in [-0.39, 0.29) is 12.3 Å². The van der Waals surface area contributed by atoms with Crippen molar-refractivity contribution >= 4 is 11.5 Å². The maximum Gasteiger partial charge on any atom is 0.274 e. The number of nitrogens with zero attached hydrogens (tertiary/aromatic N) is 3. The normalized spacial score (nSPS) is 15.8. The highest BCUT2D eigenvalue weighted by atomic mass is 16.6. The lowest BCUT2D eigenvalue weighted by atomic mass is 10.2. The molecule has 6 heteroatoms. The lowest BCUT2D eigenvalue weighted by molar-refractivity contribution is -0.384. The number of aliphatic hydroxyl groups excluding tert-OH is 1. The first-order valence-corrected chi connectivity index (χ1v) is 6.20. The molecule has 2 rings (SSSR count). The van der Waals surface area contributed by atoms with Gasteiger partial charge in [-0.05, 0) is 12.8 Å². The van der Waals surface area contributed by atoms with Crippen LogP contribution in [0, 0.1) is 10.1 Å². The second-order valence-electron chi connectivity index (χ2n) is 4.48. The summed E-state index contributed by atoms with van der Waals surface area (Å²) in [5.74, 6) is 0.588. The quantitative estimate of drug-likeness (QED) is 0.636. The van der Waals surface area contributed by atoms with Crippen molar-refractivity contribution in [3.05, 3.63) is 28.4 Å². The van der Waals surface area contributed by atoms with Crippen LogP contribution in [-0.2, 0) is 0 Å². The minimum Gasteiger partial charge on any atom is -0.395 e. The first-order valence-electron chi connectivity index (χ1n) is 6.20. The summed E-state index contributed by atoms with van der Waals surface area (Å²) in [7, 11) is 0. The monoisotopic (exact) mass is 251 g/mol. The Morgan fingerprint density at radius 2 is 2.22 bits per heavy atom. The van der Waals surface area contributed by atoms with E-state index in [9.17, 15) is 10.1 Å². The minimum absolute atomic E-state index is 0.0286. The van der Waals surface area contributed by atoms with E-state index in [1.54, 1.807) is 0 Å². The maximum atomic E-state index is 10.8. The van der Waals surface area contributed by atoms with Crippen molar-refractivity contribution in [3.63, 3.8) is 0 Å². The molecule has 0 aromatic carbocycles. The minimum atomic E-state index is -0.420. The van der Waals surface area contributed by atoms with Gasteiger partial charge in [-0.3, -0.25) is 10.1 Å². The van der Waals surface area contributed by atoms with Gasteiger partial charge in [-0.15, -0.1) is 0 Å². The zero-order valence-corrected chi connectivity index (χ0v) is 10.2. The van der Waals surface area contributed by atoms with E-state index >= 15 is 0 Å². The van der Waals surface area contributed by atoms with Gasteiger partial charge >= 0.3 is 0 Å². The van der Waals surface area contributed by atoms with Gasteiger partial charge in [-0.2, -0.15) is 0 Å². The molecule has 1 aromatic heterocycles. The van der Waals surface area contributed by atoms with Gasteiger partial charge in [0.2, 0.25) is 0 Å². The summed E-state index contributed by atoms with van der Waals surface area (Å²) < 4.78 is 0. The van der Waals surface area contributed by atoms with Crippen molar-refractivity contribution in [1.29, 1.82) is 0 Å². The van der Waals surface area contributed by atoms with Gasteiger partial charge in [-0.1, -0.05) is 12.8 Å². The zero-order chi connectivity index (χ0) is 13.0. The summed E-state index contributed by atoms with van der Waals surface area (Å²) in [6, 6.07) is 3.20. The predicted molar refractivity (Wildman–Crippen MR) is 67.6 cm³/mol. The molecule has 1 fully saturated rings. The maximum absolute atomic E-state index is 10.8. The standard InChI is InChI=1S/C12H17N3O3/c16-8-7-14(10-3-1-2-4-10)12-9-11(15(17)18)5-6-13-12/h5-6,9-10,16H,1-4,7-8H2. The molecule has 0 spiro atoms.